The molecule has 4 heterocycles. The highest BCUT2D eigenvalue weighted by molar-refractivity contribution is 6.33. The molecule has 2 aliphatic heterocycles. The lowest BCUT2D eigenvalue weighted by Crippen LogP contribution is -2.36. The van der Waals surface area contributed by atoms with Crippen LogP contribution in [0, 0.1) is 6.92 Å². The fourth-order valence-electron chi connectivity index (χ4n) is 4.38. The van der Waals surface area contributed by atoms with Gasteiger partial charge in [-0.3, -0.25) is 4.79 Å². The number of fused-ring (bicyclic) bond motifs is 1. The molecule has 0 saturated carbocycles. The van der Waals surface area contributed by atoms with Crippen molar-refractivity contribution in [3.63, 3.8) is 0 Å². The van der Waals surface area contributed by atoms with E-state index in [1.807, 2.05) is 6.33 Å². The van der Waals surface area contributed by atoms with Crippen molar-refractivity contribution in [1.29, 1.82) is 0 Å². The van der Waals surface area contributed by atoms with Gasteiger partial charge in [0.1, 0.15) is 5.02 Å². The van der Waals surface area contributed by atoms with E-state index in [0.29, 0.717) is 18.8 Å². The number of hydrogen-bond donors (Lipinski definition) is 0. The zero-order valence-corrected chi connectivity index (χ0v) is 18.4. The highest BCUT2D eigenvalue weighted by Crippen LogP contribution is 2.29. The standard InChI is InChI=1S/C23H26ClN5O2/c1-16-5-7-17(8-6-16)13-28-15-25-18-14-27(10-9-19(18)28)20-12-26-29(23(30)22(20)24)21-4-2-3-11-31-21/h5-8,12,15,21H,2-4,9-11,13-14H2,1H3. The smallest absolute Gasteiger partial charge is 0.290 e. The molecule has 1 atom stereocenters. The quantitative estimate of drug-likeness (QED) is 0.620. The van der Waals surface area contributed by atoms with E-state index < -0.39 is 0 Å². The largest absolute Gasteiger partial charge is 0.362 e. The Kier molecular flexibility index (Phi) is 5.54. The molecule has 1 unspecified atom stereocenters. The maximum absolute atomic E-state index is 12.9. The van der Waals surface area contributed by atoms with Crippen LogP contribution in [-0.2, 0) is 24.2 Å². The van der Waals surface area contributed by atoms with E-state index in [2.05, 4.69) is 50.7 Å². The summed E-state index contributed by atoms with van der Waals surface area (Å²) in [6, 6.07) is 8.59. The van der Waals surface area contributed by atoms with Gasteiger partial charge in [0.15, 0.2) is 6.23 Å². The monoisotopic (exact) mass is 439 g/mol. The van der Waals surface area contributed by atoms with E-state index in [4.69, 9.17) is 16.3 Å². The van der Waals surface area contributed by atoms with Crippen LogP contribution in [0.2, 0.25) is 5.02 Å². The van der Waals surface area contributed by atoms with Gasteiger partial charge in [0.05, 0.1) is 30.5 Å². The van der Waals surface area contributed by atoms with Crippen LogP contribution in [0.15, 0.2) is 41.6 Å². The van der Waals surface area contributed by atoms with Crippen LogP contribution in [0.5, 0.6) is 0 Å². The van der Waals surface area contributed by atoms with E-state index in [1.54, 1.807) is 6.20 Å². The van der Waals surface area contributed by atoms with Crippen molar-refractivity contribution >= 4 is 17.3 Å². The predicted molar refractivity (Wildman–Crippen MR) is 120 cm³/mol. The maximum atomic E-state index is 12.9. The molecule has 0 amide bonds. The second kappa shape index (κ2) is 8.48. The molecule has 7 nitrogen and oxygen atoms in total. The number of ether oxygens (including phenoxy) is 1. The minimum absolute atomic E-state index is 0.201. The zero-order valence-electron chi connectivity index (χ0n) is 17.6. The molecule has 2 aromatic heterocycles. The number of rotatable bonds is 4. The Labute approximate surface area is 186 Å². The van der Waals surface area contributed by atoms with Crippen LogP contribution in [0.4, 0.5) is 5.69 Å². The van der Waals surface area contributed by atoms with Crippen LogP contribution < -0.4 is 10.5 Å². The summed E-state index contributed by atoms with van der Waals surface area (Å²) in [5.41, 5.74) is 5.15. The lowest BCUT2D eigenvalue weighted by molar-refractivity contribution is -0.0424. The Hall–Kier alpha value is -2.64. The number of benzene rings is 1. The first kappa shape index (κ1) is 20.3. The first-order valence-corrected chi connectivity index (χ1v) is 11.2. The van der Waals surface area contributed by atoms with Gasteiger partial charge in [-0.1, -0.05) is 41.4 Å². The van der Waals surface area contributed by atoms with Gasteiger partial charge in [0.2, 0.25) is 0 Å². The van der Waals surface area contributed by atoms with Crippen molar-refractivity contribution in [3.8, 4) is 0 Å². The number of aromatic nitrogens is 4. The van der Waals surface area contributed by atoms with Gasteiger partial charge in [-0.15, -0.1) is 0 Å². The highest BCUT2D eigenvalue weighted by atomic mass is 35.5. The van der Waals surface area contributed by atoms with Gasteiger partial charge in [-0.2, -0.15) is 9.78 Å². The van der Waals surface area contributed by atoms with E-state index in [-0.39, 0.29) is 16.8 Å². The molecule has 1 aromatic carbocycles. The van der Waals surface area contributed by atoms with Crippen molar-refractivity contribution in [3.05, 3.63) is 74.7 Å². The van der Waals surface area contributed by atoms with E-state index >= 15 is 0 Å². The second-order valence-electron chi connectivity index (χ2n) is 8.34. The maximum Gasteiger partial charge on any atom is 0.290 e. The number of hydrogen-bond acceptors (Lipinski definition) is 5. The predicted octanol–water partition coefficient (Wildman–Crippen LogP) is 3.71. The topological polar surface area (TPSA) is 65.2 Å². The lowest BCUT2D eigenvalue weighted by atomic mass is 10.1. The summed E-state index contributed by atoms with van der Waals surface area (Å²) in [6.45, 7) is 4.93. The average molecular weight is 440 g/mol. The zero-order chi connectivity index (χ0) is 21.4. The second-order valence-corrected chi connectivity index (χ2v) is 8.72. The first-order chi connectivity index (χ1) is 15.1. The summed E-state index contributed by atoms with van der Waals surface area (Å²) in [6.07, 6.45) is 6.95. The Bertz CT molecular complexity index is 1130. The molecule has 5 rings (SSSR count). The van der Waals surface area contributed by atoms with Crippen molar-refractivity contribution in [1.82, 2.24) is 19.3 Å². The molecule has 8 heteroatoms. The first-order valence-electron chi connectivity index (χ1n) is 10.8. The highest BCUT2D eigenvalue weighted by Gasteiger charge is 2.26. The molecular weight excluding hydrogens is 414 g/mol. The van der Waals surface area contributed by atoms with Gasteiger partial charge >= 0.3 is 0 Å². The third-order valence-electron chi connectivity index (χ3n) is 6.16. The van der Waals surface area contributed by atoms with E-state index in [1.165, 1.54) is 21.5 Å². The molecule has 0 radical (unpaired) electrons. The molecular formula is C23H26ClN5O2. The minimum Gasteiger partial charge on any atom is -0.362 e. The average Bonchev–Trinajstić information content (AvgIpc) is 3.19. The summed E-state index contributed by atoms with van der Waals surface area (Å²) in [5, 5.41) is 4.59. The van der Waals surface area contributed by atoms with Crippen LogP contribution in [0.3, 0.4) is 0 Å². The van der Waals surface area contributed by atoms with Crippen LogP contribution in [-0.4, -0.2) is 32.5 Å². The number of nitrogens with zero attached hydrogens (tertiary/aromatic N) is 5. The molecule has 1 saturated heterocycles. The van der Waals surface area contributed by atoms with Gasteiger partial charge in [0.25, 0.3) is 5.56 Å². The van der Waals surface area contributed by atoms with Gasteiger partial charge in [-0.25, -0.2) is 4.98 Å². The summed E-state index contributed by atoms with van der Waals surface area (Å²) < 4.78 is 9.31. The summed E-state index contributed by atoms with van der Waals surface area (Å²) in [5.74, 6) is 0. The molecule has 0 spiro atoms. The normalized spacial score (nSPS) is 18.8. The van der Waals surface area contributed by atoms with E-state index in [0.717, 1.165) is 44.5 Å². The number of halogens is 1. The third kappa shape index (κ3) is 4.00. The summed E-state index contributed by atoms with van der Waals surface area (Å²) in [4.78, 5) is 19.6. The molecule has 162 valence electrons. The van der Waals surface area contributed by atoms with Gasteiger partial charge in [-0.05, 0) is 31.7 Å². The fraction of sp³-hybridized carbons (Fsp3) is 0.435. The third-order valence-corrected chi connectivity index (χ3v) is 6.52. The number of imidazole rings is 1. The number of aryl methyl sites for hydroxylation is 1. The Morgan fingerprint density at radius 1 is 1.23 bits per heavy atom. The molecule has 2 aliphatic rings. The fourth-order valence-corrected chi connectivity index (χ4v) is 4.64. The molecule has 31 heavy (non-hydrogen) atoms. The lowest BCUT2D eigenvalue weighted by Gasteiger charge is -2.30. The van der Waals surface area contributed by atoms with Gasteiger partial charge in [0, 0.05) is 31.8 Å². The van der Waals surface area contributed by atoms with Crippen LogP contribution >= 0.6 is 11.6 Å². The van der Waals surface area contributed by atoms with Crippen molar-refractivity contribution in [2.45, 2.75) is 51.9 Å². The Morgan fingerprint density at radius 2 is 2.06 bits per heavy atom. The van der Waals surface area contributed by atoms with Crippen molar-refractivity contribution < 1.29 is 4.74 Å². The molecule has 0 N–H and O–H groups in total. The van der Waals surface area contributed by atoms with E-state index in [9.17, 15) is 4.79 Å². The summed E-state index contributed by atoms with van der Waals surface area (Å²) >= 11 is 6.51. The number of anilines is 1. The van der Waals surface area contributed by atoms with Crippen LogP contribution in [0.1, 0.15) is 48.0 Å². The molecule has 0 aliphatic carbocycles. The van der Waals surface area contributed by atoms with Gasteiger partial charge < -0.3 is 14.2 Å². The Morgan fingerprint density at radius 3 is 2.84 bits per heavy atom. The minimum atomic E-state index is -0.321. The van der Waals surface area contributed by atoms with Crippen molar-refractivity contribution in [2.24, 2.45) is 0 Å². The SMILES string of the molecule is Cc1ccc(Cn2cnc3c2CCN(c2cnn(C4CCCCO4)c(=O)c2Cl)C3)cc1. The Balaban J connectivity index is 1.35. The molecule has 0 bridgehead atoms. The van der Waals surface area contributed by atoms with Crippen LogP contribution in [0.25, 0.3) is 0 Å². The molecule has 3 aromatic rings. The molecule has 1 fully saturated rings. The summed E-state index contributed by atoms with van der Waals surface area (Å²) in [7, 11) is 0. The van der Waals surface area contributed by atoms with Crippen molar-refractivity contribution in [2.75, 3.05) is 18.1 Å².